The Kier molecular flexibility index (Phi) is 5.84. The molecule has 4 rings (SSSR count). The van der Waals surface area contributed by atoms with E-state index in [9.17, 15) is 9.90 Å². The first-order valence-electron chi connectivity index (χ1n) is 9.96. The van der Waals surface area contributed by atoms with E-state index >= 15 is 0 Å². The van der Waals surface area contributed by atoms with Crippen molar-refractivity contribution in [2.45, 2.75) is 25.8 Å². The van der Waals surface area contributed by atoms with Gasteiger partial charge in [-0.1, -0.05) is 18.2 Å². The number of benzene rings is 2. The Morgan fingerprint density at radius 1 is 1.07 bits per heavy atom. The van der Waals surface area contributed by atoms with Crippen LogP contribution in [0.5, 0.6) is 17.2 Å². The molecule has 2 N–H and O–H groups in total. The summed E-state index contributed by atoms with van der Waals surface area (Å²) in [6.45, 7) is 0.635. The number of rotatable bonds is 7. The summed E-state index contributed by atoms with van der Waals surface area (Å²) in [5.41, 5.74) is 3.38. The minimum atomic E-state index is -0.728. The molecule has 3 aromatic rings. The van der Waals surface area contributed by atoms with Crippen molar-refractivity contribution in [3.63, 3.8) is 0 Å². The van der Waals surface area contributed by atoms with E-state index < -0.39 is 5.97 Å². The molecule has 0 saturated heterocycles. The maximum atomic E-state index is 11.3. The lowest BCUT2D eigenvalue weighted by Crippen LogP contribution is -2.22. The summed E-state index contributed by atoms with van der Waals surface area (Å²) in [5.74, 6) is 1.87. The average molecular weight is 404 g/mol. The van der Waals surface area contributed by atoms with Crippen molar-refractivity contribution in [2.75, 3.05) is 12.4 Å². The maximum absolute atomic E-state index is 11.3. The van der Waals surface area contributed by atoms with Crippen molar-refractivity contribution < 1.29 is 19.4 Å². The molecule has 1 aliphatic rings. The number of carboxylic acids is 1. The second-order valence-corrected chi connectivity index (χ2v) is 7.39. The fourth-order valence-corrected chi connectivity index (χ4v) is 3.65. The smallest absolute Gasteiger partial charge is 0.306 e. The molecule has 0 aliphatic heterocycles. The van der Waals surface area contributed by atoms with Crippen LogP contribution >= 0.6 is 0 Å². The van der Waals surface area contributed by atoms with Gasteiger partial charge in [0.25, 0.3) is 0 Å². The molecule has 2 aromatic carbocycles. The molecule has 0 spiro atoms. The molecule has 1 unspecified atom stereocenters. The molecule has 0 radical (unpaired) electrons. The van der Waals surface area contributed by atoms with E-state index in [1.165, 1.54) is 5.56 Å². The second-order valence-electron chi connectivity index (χ2n) is 7.39. The van der Waals surface area contributed by atoms with Crippen LogP contribution in [0, 0.1) is 5.92 Å². The SMILES string of the molecule is COc1ccc(CNc2cc(Oc3ccc4c(c3)CC(C(=O)O)CC4)ccn2)cc1. The topological polar surface area (TPSA) is 80.7 Å². The first-order chi connectivity index (χ1) is 14.6. The van der Waals surface area contributed by atoms with E-state index in [0.717, 1.165) is 23.3 Å². The van der Waals surface area contributed by atoms with Gasteiger partial charge in [0.05, 0.1) is 13.0 Å². The highest BCUT2D eigenvalue weighted by molar-refractivity contribution is 5.71. The Balaban J connectivity index is 1.41. The number of nitrogens with one attached hydrogen (secondary N) is 1. The summed E-state index contributed by atoms with van der Waals surface area (Å²) in [5, 5.41) is 12.6. The molecule has 1 atom stereocenters. The van der Waals surface area contributed by atoms with Crippen LogP contribution in [0.2, 0.25) is 0 Å². The predicted molar refractivity (Wildman–Crippen MR) is 114 cm³/mol. The number of hydrogen-bond donors (Lipinski definition) is 2. The zero-order chi connectivity index (χ0) is 20.9. The molecule has 1 aliphatic carbocycles. The van der Waals surface area contributed by atoms with Gasteiger partial charge < -0.3 is 19.9 Å². The fraction of sp³-hybridized carbons (Fsp3) is 0.250. The van der Waals surface area contributed by atoms with Gasteiger partial charge in [-0.15, -0.1) is 0 Å². The number of aromatic nitrogens is 1. The molecule has 154 valence electrons. The van der Waals surface area contributed by atoms with E-state index in [2.05, 4.69) is 10.3 Å². The Labute approximate surface area is 175 Å². The molecular weight excluding hydrogens is 380 g/mol. The van der Waals surface area contributed by atoms with E-state index in [1.54, 1.807) is 19.4 Å². The van der Waals surface area contributed by atoms with Gasteiger partial charge in [-0.25, -0.2) is 4.98 Å². The number of aryl methyl sites for hydroxylation is 1. The Morgan fingerprint density at radius 2 is 1.83 bits per heavy atom. The minimum Gasteiger partial charge on any atom is -0.497 e. The molecule has 1 aromatic heterocycles. The van der Waals surface area contributed by atoms with Crippen LogP contribution in [0.3, 0.4) is 0 Å². The molecule has 6 heteroatoms. The van der Waals surface area contributed by atoms with Crippen molar-refractivity contribution in [1.29, 1.82) is 0 Å². The summed E-state index contributed by atoms with van der Waals surface area (Å²) in [6.07, 6.45) is 3.73. The minimum absolute atomic E-state index is 0.317. The van der Waals surface area contributed by atoms with Crippen molar-refractivity contribution in [3.05, 3.63) is 77.5 Å². The molecule has 0 bridgehead atoms. The highest BCUT2D eigenvalue weighted by Crippen LogP contribution is 2.31. The molecule has 30 heavy (non-hydrogen) atoms. The molecule has 1 heterocycles. The third-order valence-corrected chi connectivity index (χ3v) is 5.36. The van der Waals surface area contributed by atoms with Crippen molar-refractivity contribution in [1.82, 2.24) is 4.98 Å². The number of hydrogen-bond acceptors (Lipinski definition) is 5. The van der Waals surface area contributed by atoms with Crippen LogP contribution < -0.4 is 14.8 Å². The van der Waals surface area contributed by atoms with Gasteiger partial charge in [0.2, 0.25) is 0 Å². The third kappa shape index (κ3) is 4.71. The van der Waals surface area contributed by atoms with Crippen LogP contribution in [-0.4, -0.2) is 23.2 Å². The highest BCUT2D eigenvalue weighted by Gasteiger charge is 2.24. The van der Waals surface area contributed by atoms with Crippen LogP contribution in [0.15, 0.2) is 60.8 Å². The fourth-order valence-electron chi connectivity index (χ4n) is 3.65. The second kappa shape index (κ2) is 8.86. The van der Waals surface area contributed by atoms with Gasteiger partial charge >= 0.3 is 5.97 Å². The number of ether oxygens (including phenoxy) is 2. The largest absolute Gasteiger partial charge is 0.497 e. The van der Waals surface area contributed by atoms with Gasteiger partial charge in [0.1, 0.15) is 23.1 Å². The Bertz CT molecular complexity index is 1030. The lowest BCUT2D eigenvalue weighted by Gasteiger charge is -2.22. The zero-order valence-electron chi connectivity index (χ0n) is 16.8. The van der Waals surface area contributed by atoms with Crippen molar-refractivity contribution in [2.24, 2.45) is 5.92 Å². The van der Waals surface area contributed by atoms with E-state index in [-0.39, 0.29) is 5.92 Å². The number of nitrogens with zero attached hydrogens (tertiary/aromatic N) is 1. The highest BCUT2D eigenvalue weighted by atomic mass is 16.5. The van der Waals surface area contributed by atoms with Gasteiger partial charge in [0.15, 0.2) is 0 Å². The van der Waals surface area contributed by atoms with E-state index in [1.807, 2.05) is 48.5 Å². The number of carbonyl (C=O) groups is 1. The van der Waals surface area contributed by atoms with Gasteiger partial charge in [0, 0.05) is 18.8 Å². The lowest BCUT2D eigenvalue weighted by molar-refractivity contribution is -0.142. The van der Waals surface area contributed by atoms with E-state index in [0.29, 0.717) is 36.7 Å². The summed E-state index contributed by atoms with van der Waals surface area (Å²) >= 11 is 0. The molecule has 6 nitrogen and oxygen atoms in total. The van der Waals surface area contributed by atoms with Crippen LogP contribution in [-0.2, 0) is 24.2 Å². The summed E-state index contributed by atoms with van der Waals surface area (Å²) in [7, 11) is 1.65. The van der Waals surface area contributed by atoms with Crippen molar-refractivity contribution >= 4 is 11.8 Å². The number of aliphatic carboxylic acids is 1. The number of anilines is 1. The third-order valence-electron chi connectivity index (χ3n) is 5.36. The monoisotopic (exact) mass is 404 g/mol. The standard InChI is InChI=1S/C24H24N2O4/c1-29-20-7-2-16(3-8-20)15-26-23-14-22(10-11-25-23)30-21-9-6-17-4-5-18(24(27)28)12-19(17)13-21/h2-3,6-11,13-14,18H,4-5,12,15H2,1H3,(H,25,26)(H,27,28). The van der Waals surface area contributed by atoms with E-state index in [4.69, 9.17) is 9.47 Å². The summed E-state index contributed by atoms with van der Waals surface area (Å²) in [4.78, 5) is 15.7. The predicted octanol–water partition coefficient (Wildman–Crippen LogP) is 4.68. The molecule has 0 saturated carbocycles. The Hall–Kier alpha value is -3.54. The maximum Gasteiger partial charge on any atom is 0.306 e. The van der Waals surface area contributed by atoms with Crippen LogP contribution in [0.4, 0.5) is 5.82 Å². The quantitative estimate of drug-likeness (QED) is 0.595. The number of fused-ring (bicyclic) bond motifs is 1. The van der Waals surface area contributed by atoms with Gasteiger partial charge in [-0.3, -0.25) is 4.79 Å². The first-order valence-corrected chi connectivity index (χ1v) is 9.96. The first kappa shape index (κ1) is 19.8. The van der Waals surface area contributed by atoms with Gasteiger partial charge in [-0.2, -0.15) is 0 Å². The molecule has 0 amide bonds. The normalized spacial score (nSPS) is 15.2. The number of methoxy groups -OCH3 is 1. The number of pyridine rings is 1. The van der Waals surface area contributed by atoms with Gasteiger partial charge in [-0.05, 0) is 66.3 Å². The Morgan fingerprint density at radius 3 is 2.60 bits per heavy atom. The van der Waals surface area contributed by atoms with Crippen LogP contribution in [0.25, 0.3) is 0 Å². The lowest BCUT2D eigenvalue weighted by atomic mass is 9.84. The molecule has 0 fully saturated rings. The summed E-state index contributed by atoms with van der Waals surface area (Å²) in [6, 6.07) is 17.4. The molecular formula is C24H24N2O4. The number of carboxylic acid groups (broad SMARTS) is 1. The summed E-state index contributed by atoms with van der Waals surface area (Å²) < 4.78 is 11.2. The van der Waals surface area contributed by atoms with Crippen LogP contribution in [0.1, 0.15) is 23.1 Å². The zero-order valence-corrected chi connectivity index (χ0v) is 16.8. The van der Waals surface area contributed by atoms with Crippen molar-refractivity contribution in [3.8, 4) is 17.2 Å². The average Bonchev–Trinajstić information content (AvgIpc) is 2.78.